The van der Waals surface area contributed by atoms with Crippen LogP contribution in [0.5, 0.6) is 0 Å². The minimum Gasteiger partial charge on any atom is -0.748 e. The van der Waals surface area contributed by atoms with E-state index in [0.29, 0.717) is 72.7 Å². The molecule has 0 aliphatic carbocycles. The molecule has 0 amide bonds. The van der Waals surface area contributed by atoms with E-state index in [1.54, 1.807) is 0 Å². The van der Waals surface area contributed by atoms with Crippen molar-refractivity contribution >= 4 is 50.6 Å². The first-order chi connectivity index (χ1) is 46.9. The van der Waals surface area contributed by atoms with E-state index in [0.717, 1.165) is 11.8 Å². The average Bonchev–Trinajstić information content (AvgIpc) is 0.851. The molecule has 101 heavy (non-hydrogen) atoms. The lowest BCUT2D eigenvalue weighted by molar-refractivity contribution is 0.407. The Balaban J connectivity index is -0.000000364. The van der Waals surface area contributed by atoms with Gasteiger partial charge in [0.2, 0.25) is 0 Å². The summed E-state index contributed by atoms with van der Waals surface area (Å²) in [4.78, 5) is 0. The maximum absolute atomic E-state index is 9.08. The third kappa shape index (κ3) is 73.6. The number of hydrogen-bond acceptors (Lipinski definition) is 15. The van der Waals surface area contributed by atoms with Crippen LogP contribution in [-0.2, 0) is 50.6 Å². The van der Waals surface area contributed by atoms with Gasteiger partial charge < -0.3 is 22.8 Å². The molecule has 0 saturated heterocycles. The summed E-state index contributed by atoms with van der Waals surface area (Å²) in [5.41, 5.74) is 10.3. The molecule has 0 fully saturated rings. The molecule has 0 spiro atoms. The highest BCUT2D eigenvalue weighted by Crippen LogP contribution is 2.38. The van der Waals surface area contributed by atoms with Crippen LogP contribution in [0.4, 0.5) is 0 Å². The molecule has 7 aromatic carbocycles. The van der Waals surface area contributed by atoms with Gasteiger partial charge in [0.1, 0.15) is 0 Å². The molecule has 0 aliphatic heterocycles. The van der Waals surface area contributed by atoms with Gasteiger partial charge in [0.05, 0.1) is 50.6 Å². The molecule has 6 unspecified atom stereocenters. The van der Waals surface area contributed by atoms with Gasteiger partial charge in [-0.3, -0.25) is 0 Å². The molecule has 0 aromatic heterocycles. The summed E-state index contributed by atoms with van der Waals surface area (Å²) < 4.78 is 136. The lowest BCUT2D eigenvalue weighted by Gasteiger charge is -2.26. The van der Waals surface area contributed by atoms with Crippen LogP contribution in [0.25, 0.3) is 0 Å². The highest BCUT2D eigenvalue weighted by Gasteiger charge is 2.22. The van der Waals surface area contributed by atoms with Crippen LogP contribution in [0.15, 0.2) is 212 Å². The van der Waals surface area contributed by atoms with Crippen molar-refractivity contribution < 1.29 is 64.9 Å². The summed E-state index contributed by atoms with van der Waals surface area (Å²) in [5, 5.41) is 0. The van der Waals surface area contributed by atoms with Crippen molar-refractivity contribution in [2.24, 2.45) is 11.8 Å². The second-order valence-corrected chi connectivity index (χ2v) is 31.6. The quantitative estimate of drug-likeness (QED) is 0.0641. The third-order valence-corrected chi connectivity index (χ3v) is 15.0. The second kappa shape index (κ2) is 60.5. The van der Waals surface area contributed by atoms with Gasteiger partial charge in [-0.05, 0) is 144 Å². The average molecular weight is 1500 g/mol. The number of benzene rings is 7. The Labute approximate surface area is 615 Å². The molecule has 15 nitrogen and oxygen atoms in total. The Kier molecular flexibility index (Phi) is 62.1. The maximum atomic E-state index is 9.08. The second-order valence-electron chi connectivity index (χ2n) is 24.6. The van der Waals surface area contributed by atoms with Gasteiger partial charge in [-0.1, -0.05) is 330 Å². The molecule has 8 atom stereocenters. The molecular formula is C81H125O15S5-5. The molecular weight excluding hydrogens is 1370 g/mol. The molecule has 0 heterocycles. The minimum atomic E-state index is -3.92. The predicted molar refractivity (Wildman–Crippen MR) is 422 cm³/mol. The van der Waals surface area contributed by atoms with Crippen molar-refractivity contribution in [2.45, 2.75) is 210 Å². The highest BCUT2D eigenvalue weighted by atomic mass is 32.2. The van der Waals surface area contributed by atoms with Crippen LogP contribution in [0.3, 0.4) is 0 Å². The Bertz CT molecular complexity index is 3330. The summed E-state index contributed by atoms with van der Waals surface area (Å²) >= 11 is 0. The van der Waals surface area contributed by atoms with Crippen molar-refractivity contribution in [1.82, 2.24) is 0 Å². The summed E-state index contributed by atoms with van der Waals surface area (Å²) in [7, 11) is -19.6. The molecule has 0 aliphatic rings. The highest BCUT2D eigenvalue weighted by molar-refractivity contribution is 7.85. The fraction of sp³-hybridized carbons (Fsp3) is 0.481. The van der Waals surface area contributed by atoms with E-state index in [9.17, 15) is 0 Å². The van der Waals surface area contributed by atoms with E-state index in [1.165, 1.54) is 96.7 Å². The van der Waals surface area contributed by atoms with Crippen molar-refractivity contribution in [2.75, 3.05) is 31.3 Å². The summed E-state index contributed by atoms with van der Waals surface area (Å²) in [6, 6.07) is 76.2. The van der Waals surface area contributed by atoms with Gasteiger partial charge in [-0.15, -0.1) is 0 Å². The zero-order valence-corrected chi connectivity index (χ0v) is 68.5. The SMILES string of the molecule is CC.CC.CCC(C)C.CCC(C)c1ccccc1.CCC(C)c1ccccc1.CCC(CC(C)C[C@@H](C)c1ccccc1)c1ccccc1.CCC(CC(C[C@H](C)c1ccccc1)c1ccccc1)c1ccccc1.CS(=O)(=O)[O-].CS(=O)(=O)[O-].CS(=O)(=O)[O-].CS(=O)(=O)[O-].CS(=O)(=O)[O-]. The molecule has 20 heteroatoms. The normalized spacial score (nSPS) is 13.0. The lowest BCUT2D eigenvalue weighted by Crippen LogP contribution is -2.10. The van der Waals surface area contributed by atoms with Gasteiger partial charge in [-0.2, -0.15) is 0 Å². The van der Waals surface area contributed by atoms with Crippen molar-refractivity contribution in [3.63, 3.8) is 0 Å². The molecule has 0 bridgehead atoms. The van der Waals surface area contributed by atoms with E-state index in [1.807, 2.05) is 27.7 Å². The van der Waals surface area contributed by atoms with E-state index < -0.39 is 50.6 Å². The lowest BCUT2D eigenvalue weighted by atomic mass is 9.78. The standard InChI is InChI=1S/C26H30.C21H28.2C10H14.C5H12.2C2H6.5CH4O3S/c1-3-22(24-15-9-5-10-16-24)20-26(25-17-11-6-12-18-25)19-21(2)23-13-7-4-8-14-23;1-4-19(21-13-9-6-10-14-21)16-17(2)15-18(3)20-11-7-5-8-12-20;2*1-3-9(2)10-7-5-4-6-8-10;1-4-5(2)3;2*1-2;5*1-5(2,3)4/h4-18,21-22,26H,3,19-20H2,1-2H3;5-14,17-19H,4,15-16H2,1-3H3;2*4-9H,3H2,1-2H3;5H,4H2,1-3H3;2*1-2H3;5*1H3,(H,2,3,4)/p-5/t21-,22?,26?;17?,18-,19?;;;;;;;;;;/m01........../s1. The number of hydrogen-bond donors (Lipinski definition) is 0. The Morgan fingerprint density at radius 1 is 0.238 bits per heavy atom. The first kappa shape index (κ1) is 104. The van der Waals surface area contributed by atoms with E-state index >= 15 is 0 Å². The van der Waals surface area contributed by atoms with Gasteiger partial charge in [-0.25, -0.2) is 42.1 Å². The van der Waals surface area contributed by atoms with Gasteiger partial charge in [0.15, 0.2) is 0 Å². The molecule has 574 valence electrons. The van der Waals surface area contributed by atoms with Crippen molar-refractivity contribution in [1.29, 1.82) is 0 Å². The molecule has 7 rings (SSSR count). The topological polar surface area (TPSA) is 286 Å². The first-order valence-electron chi connectivity index (χ1n) is 34.8. The number of rotatable bonds is 20. The monoisotopic (exact) mass is 1500 g/mol. The van der Waals surface area contributed by atoms with Crippen molar-refractivity contribution in [3.05, 3.63) is 251 Å². The zero-order chi connectivity index (χ0) is 78.9. The third-order valence-electron chi connectivity index (χ3n) is 15.0. The fourth-order valence-corrected chi connectivity index (χ4v) is 9.45. The van der Waals surface area contributed by atoms with Crippen LogP contribution in [0, 0.1) is 11.8 Å². The Morgan fingerprint density at radius 3 is 0.594 bits per heavy atom. The maximum Gasteiger partial charge on any atom is 0.0916 e. The minimum absolute atomic E-state index is 0.565. The summed E-state index contributed by atoms with van der Waals surface area (Å²) in [6.45, 7) is 35.4. The van der Waals surface area contributed by atoms with E-state index in [-0.39, 0.29) is 0 Å². The van der Waals surface area contributed by atoms with Gasteiger partial charge >= 0.3 is 0 Å². The van der Waals surface area contributed by atoms with E-state index in [4.69, 9.17) is 64.9 Å². The smallest absolute Gasteiger partial charge is 0.0916 e. The van der Waals surface area contributed by atoms with Crippen LogP contribution >= 0.6 is 0 Å². The Morgan fingerprint density at radius 2 is 0.406 bits per heavy atom. The largest absolute Gasteiger partial charge is 0.748 e. The van der Waals surface area contributed by atoms with Crippen LogP contribution in [0.1, 0.15) is 249 Å². The summed E-state index contributed by atoms with van der Waals surface area (Å²) in [5.74, 6) is 6.16. The molecule has 0 N–H and O–H groups in total. The van der Waals surface area contributed by atoms with Crippen LogP contribution in [-0.4, -0.2) is 96.1 Å². The first-order valence-corrected chi connectivity index (χ1v) is 43.9. The molecule has 0 saturated carbocycles. The predicted octanol–water partition coefficient (Wildman–Crippen LogP) is 20.3. The van der Waals surface area contributed by atoms with Gasteiger partial charge in [0.25, 0.3) is 0 Å². The van der Waals surface area contributed by atoms with Gasteiger partial charge in [0, 0.05) is 31.3 Å². The summed E-state index contributed by atoms with van der Waals surface area (Å²) in [6.07, 6.45) is 14.2. The fourth-order valence-electron chi connectivity index (χ4n) is 9.45. The molecule has 0 radical (unpaired) electrons. The Hall–Kier alpha value is -5.91. The zero-order valence-electron chi connectivity index (χ0n) is 64.4. The van der Waals surface area contributed by atoms with Crippen LogP contribution < -0.4 is 0 Å². The van der Waals surface area contributed by atoms with Crippen LogP contribution in [0.2, 0.25) is 0 Å². The molecule has 7 aromatic rings. The van der Waals surface area contributed by atoms with E-state index in [2.05, 4.69) is 295 Å². The van der Waals surface area contributed by atoms with Crippen molar-refractivity contribution in [3.8, 4) is 0 Å².